The van der Waals surface area contributed by atoms with Gasteiger partial charge in [0.05, 0.1) is 11.4 Å². The lowest BCUT2D eigenvalue weighted by atomic mass is 9.78. The summed E-state index contributed by atoms with van der Waals surface area (Å²) in [7, 11) is 0. The minimum atomic E-state index is -0.182. The SMILES string of the molecule is CCCC[C@H]1CC[C@H](CCc2ccc(-c3ccc(CCC)nn3)c(F)c2)CC1. The first-order valence-corrected chi connectivity index (χ1v) is 11.3. The first-order valence-electron chi connectivity index (χ1n) is 11.3. The van der Waals surface area contributed by atoms with E-state index in [9.17, 15) is 4.39 Å². The number of nitrogens with zero attached hydrogens (tertiary/aromatic N) is 2. The van der Waals surface area contributed by atoms with Crippen molar-refractivity contribution < 1.29 is 4.39 Å². The van der Waals surface area contributed by atoms with Crippen LogP contribution in [-0.4, -0.2) is 10.2 Å². The van der Waals surface area contributed by atoms with Crippen LogP contribution in [0.25, 0.3) is 11.3 Å². The fourth-order valence-electron chi connectivity index (χ4n) is 4.49. The van der Waals surface area contributed by atoms with Crippen molar-refractivity contribution >= 4 is 0 Å². The molecule has 0 unspecified atom stereocenters. The van der Waals surface area contributed by atoms with Crippen molar-refractivity contribution in [1.29, 1.82) is 0 Å². The summed E-state index contributed by atoms with van der Waals surface area (Å²) >= 11 is 0. The zero-order valence-corrected chi connectivity index (χ0v) is 17.6. The third-order valence-corrected chi connectivity index (χ3v) is 6.31. The van der Waals surface area contributed by atoms with Crippen LogP contribution in [0, 0.1) is 17.7 Å². The molecule has 0 spiro atoms. The summed E-state index contributed by atoms with van der Waals surface area (Å²) in [6.45, 7) is 4.40. The predicted molar refractivity (Wildman–Crippen MR) is 115 cm³/mol. The molecule has 1 aliphatic rings. The first kappa shape index (κ1) is 21.0. The summed E-state index contributed by atoms with van der Waals surface area (Å²) < 4.78 is 14.7. The molecule has 0 radical (unpaired) electrons. The van der Waals surface area contributed by atoms with Crippen LogP contribution in [0.2, 0.25) is 0 Å². The highest BCUT2D eigenvalue weighted by atomic mass is 19.1. The molecule has 0 N–H and O–H groups in total. The van der Waals surface area contributed by atoms with Crippen LogP contribution in [0.4, 0.5) is 4.39 Å². The molecule has 2 aromatic rings. The molecule has 0 atom stereocenters. The Balaban J connectivity index is 1.52. The van der Waals surface area contributed by atoms with E-state index in [0.29, 0.717) is 11.3 Å². The summed E-state index contributed by atoms with van der Waals surface area (Å²) in [6.07, 6.45) is 13.7. The zero-order valence-electron chi connectivity index (χ0n) is 17.6. The second kappa shape index (κ2) is 10.7. The second-order valence-corrected chi connectivity index (χ2v) is 8.54. The van der Waals surface area contributed by atoms with Gasteiger partial charge < -0.3 is 0 Å². The molecule has 28 heavy (non-hydrogen) atoms. The van der Waals surface area contributed by atoms with Gasteiger partial charge in [0.25, 0.3) is 0 Å². The normalized spacial score (nSPS) is 19.7. The van der Waals surface area contributed by atoms with Crippen molar-refractivity contribution in [3.05, 3.63) is 47.4 Å². The molecule has 0 aliphatic heterocycles. The van der Waals surface area contributed by atoms with Gasteiger partial charge in [-0.15, -0.1) is 0 Å². The summed E-state index contributed by atoms with van der Waals surface area (Å²) in [5.41, 5.74) is 3.24. The first-order chi connectivity index (χ1) is 13.7. The topological polar surface area (TPSA) is 25.8 Å². The van der Waals surface area contributed by atoms with Gasteiger partial charge in [0, 0.05) is 5.56 Å². The van der Waals surface area contributed by atoms with Crippen LogP contribution in [0.5, 0.6) is 0 Å². The third kappa shape index (κ3) is 5.86. The van der Waals surface area contributed by atoms with E-state index in [1.807, 2.05) is 18.2 Å². The average Bonchev–Trinajstić information content (AvgIpc) is 2.72. The molecule has 2 nitrogen and oxygen atoms in total. The van der Waals surface area contributed by atoms with E-state index in [0.717, 1.165) is 42.4 Å². The number of benzene rings is 1. The molecule has 0 bridgehead atoms. The molecule has 152 valence electrons. The largest absolute Gasteiger partial charge is 0.206 e. The van der Waals surface area contributed by atoms with Gasteiger partial charge in [-0.1, -0.05) is 71.3 Å². The fraction of sp³-hybridized carbons (Fsp3) is 0.600. The monoisotopic (exact) mass is 382 g/mol. The van der Waals surface area contributed by atoms with E-state index in [-0.39, 0.29) is 5.82 Å². The van der Waals surface area contributed by atoms with Gasteiger partial charge in [-0.3, -0.25) is 0 Å². The molecule has 1 fully saturated rings. The molecule has 0 saturated heterocycles. The highest BCUT2D eigenvalue weighted by molar-refractivity contribution is 5.59. The molecular weight excluding hydrogens is 347 g/mol. The van der Waals surface area contributed by atoms with Gasteiger partial charge in [-0.25, -0.2) is 4.39 Å². The molecule has 1 aromatic heterocycles. The summed E-state index contributed by atoms with van der Waals surface area (Å²) in [4.78, 5) is 0. The van der Waals surface area contributed by atoms with E-state index in [1.54, 1.807) is 6.07 Å². The molecule has 1 aromatic carbocycles. The van der Waals surface area contributed by atoms with E-state index >= 15 is 0 Å². The Bertz CT molecular complexity index is 718. The number of hydrogen-bond donors (Lipinski definition) is 0. The lowest BCUT2D eigenvalue weighted by molar-refractivity contribution is 0.250. The molecular formula is C25H35FN2. The van der Waals surface area contributed by atoms with Gasteiger partial charge >= 0.3 is 0 Å². The minimum Gasteiger partial charge on any atom is -0.206 e. The molecule has 3 heteroatoms. The Morgan fingerprint density at radius 1 is 0.857 bits per heavy atom. The quantitative estimate of drug-likeness (QED) is 0.459. The number of hydrogen-bond acceptors (Lipinski definition) is 2. The lowest BCUT2D eigenvalue weighted by Crippen LogP contribution is -2.15. The average molecular weight is 383 g/mol. The smallest absolute Gasteiger partial charge is 0.132 e. The van der Waals surface area contributed by atoms with Crippen LogP contribution in [0.15, 0.2) is 30.3 Å². The second-order valence-electron chi connectivity index (χ2n) is 8.54. The Labute approximate surface area is 170 Å². The van der Waals surface area contributed by atoms with E-state index in [4.69, 9.17) is 0 Å². The van der Waals surface area contributed by atoms with Crippen LogP contribution in [-0.2, 0) is 12.8 Å². The standard InChI is InChI=1S/C25H35FN2/c1-3-5-7-19-8-10-20(11-9-19)12-13-21-14-16-23(24(26)18-21)25-17-15-22(6-4-2)27-28-25/h14-20H,3-13H2,1-2H3/t19-,20-. The van der Waals surface area contributed by atoms with E-state index in [1.165, 1.54) is 51.4 Å². The van der Waals surface area contributed by atoms with Crippen LogP contribution in [0.3, 0.4) is 0 Å². The summed E-state index contributed by atoms with van der Waals surface area (Å²) in [5.74, 6) is 1.59. The molecule has 1 saturated carbocycles. The van der Waals surface area contributed by atoms with Gasteiger partial charge in [-0.05, 0) is 60.9 Å². The molecule has 3 rings (SSSR count). The third-order valence-electron chi connectivity index (χ3n) is 6.31. The number of aryl methyl sites for hydroxylation is 2. The predicted octanol–water partition coefficient (Wildman–Crippen LogP) is 7.16. The van der Waals surface area contributed by atoms with Gasteiger partial charge in [0.2, 0.25) is 0 Å². The lowest BCUT2D eigenvalue weighted by Gasteiger charge is -2.28. The zero-order chi connectivity index (χ0) is 19.8. The summed E-state index contributed by atoms with van der Waals surface area (Å²) in [6, 6.07) is 9.47. The van der Waals surface area contributed by atoms with Gasteiger partial charge in [0.15, 0.2) is 0 Å². The van der Waals surface area contributed by atoms with Crippen molar-refractivity contribution in [3.8, 4) is 11.3 Å². The highest BCUT2D eigenvalue weighted by Gasteiger charge is 2.20. The fourth-order valence-corrected chi connectivity index (χ4v) is 4.49. The van der Waals surface area contributed by atoms with Crippen LogP contribution in [0.1, 0.15) is 82.9 Å². The van der Waals surface area contributed by atoms with Crippen LogP contribution >= 0.6 is 0 Å². The number of halogens is 1. The molecule has 1 heterocycles. The number of unbranched alkanes of at least 4 members (excludes halogenated alkanes) is 1. The Morgan fingerprint density at radius 3 is 2.21 bits per heavy atom. The highest BCUT2D eigenvalue weighted by Crippen LogP contribution is 2.34. The van der Waals surface area contributed by atoms with Crippen molar-refractivity contribution in [2.75, 3.05) is 0 Å². The maximum absolute atomic E-state index is 14.7. The van der Waals surface area contributed by atoms with E-state index in [2.05, 4.69) is 30.1 Å². The number of rotatable bonds is 9. The van der Waals surface area contributed by atoms with Gasteiger partial charge in [-0.2, -0.15) is 10.2 Å². The maximum atomic E-state index is 14.7. The minimum absolute atomic E-state index is 0.182. The van der Waals surface area contributed by atoms with Crippen molar-refractivity contribution in [3.63, 3.8) is 0 Å². The maximum Gasteiger partial charge on any atom is 0.132 e. The van der Waals surface area contributed by atoms with Crippen LogP contribution < -0.4 is 0 Å². The Hall–Kier alpha value is -1.77. The summed E-state index contributed by atoms with van der Waals surface area (Å²) in [5, 5.41) is 8.43. The van der Waals surface area contributed by atoms with Crippen molar-refractivity contribution in [2.24, 2.45) is 11.8 Å². The van der Waals surface area contributed by atoms with E-state index < -0.39 is 0 Å². The van der Waals surface area contributed by atoms with Crippen molar-refractivity contribution in [1.82, 2.24) is 10.2 Å². The Kier molecular flexibility index (Phi) is 8.00. The molecule has 0 amide bonds. The number of aromatic nitrogens is 2. The Morgan fingerprint density at radius 2 is 1.61 bits per heavy atom. The van der Waals surface area contributed by atoms with Crippen molar-refractivity contribution in [2.45, 2.75) is 84.5 Å². The van der Waals surface area contributed by atoms with Gasteiger partial charge in [0.1, 0.15) is 5.82 Å². The molecule has 1 aliphatic carbocycles.